The van der Waals surface area contributed by atoms with Gasteiger partial charge in [0.25, 0.3) is 0 Å². The molecule has 38 heavy (non-hydrogen) atoms. The summed E-state index contributed by atoms with van der Waals surface area (Å²) in [4.78, 5) is 9.97. The number of aromatic nitrogens is 2. The fraction of sp³-hybridized carbons (Fsp3) is 0.294. The second kappa shape index (κ2) is 8.51. The lowest BCUT2D eigenvalue weighted by Crippen LogP contribution is -2.14. The molecule has 0 aliphatic rings. The number of thiazole rings is 1. The SMILES string of the molecule is Cc1cccc(C)c1-c1cc(-c2cccc3c2oc2ccc4nc(C(C)(C)C)sc4c23)ncc1C(C)(C)C. The second-order valence-electron chi connectivity index (χ2n) is 12.5. The van der Waals surface area contributed by atoms with Crippen LogP contribution < -0.4 is 0 Å². The van der Waals surface area contributed by atoms with Crippen molar-refractivity contribution in [1.29, 1.82) is 0 Å². The molecular weight excluding hydrogens is 484 g/mol. The van der Waals surface area contributed by atoms with Crippen molar-refractivity contribution in [2.24, 2.45) is 0 Å². The van der Waals surface area contributed by atoms with Gasteiger partial charge in [0.05, 0.1) is 20.9 Å². The van der Waals surface area contributed by atoms with E-state index >= 15 is 0 Å². The number of rotatable bonds is 2. The van der Waals surface area contributed by atoms with Gasteiger partial charge in [-0.2, -0.15) is 0 Å². The Labute approximate surface area is 228 Å². The maximum absolute atomic E-state index is 6.57. The zero-order chi connectivity index (χ0) is 27.0. The van der Waals surface area contributed by atoms with E-state index in [1.165, 1.54) is 32.5 Å². The summed E-state index contributed by atoms with van der Waals surface area (Å²) in [5, 5.41) is 3.40. The zero-order valence-corrected chi connectivity index (χ0v) is 24.3. The van der Waals surface area contributed by atoms with Gasteiger partial charge in [-0.1, -0.05) is 71.9 Å². The second-order valence-corrected chi connectivity index (χ2v) is 13.5. The normalized spacial score (nSPS) is 12.7. The molecule has 0 atom stereocenters. The molecule has 0 N–H and O–H groups in total. The Morgan fingerprint density at radius 2 is 1.50 bits per heavy atom. The van der Waals surface area contributed by atoms with E-state index in [-0.39, 0.29) is 10.8 Å². The van der Waals surface area contributed by atoms with Crippen molar-refractivity contribution in [3.05, 3.63) is 82.5 Å². The fourth-order valence-corrected chi connectivity index (χ4v) is 6.61. The van der Waals surface area contributed by atoms with Crippen LogP contribution in [0, 0.1) is 13.8 Å². The number of aryl methyl sites for hydroxylation is 2. The first-order valence-corrected chi connectivity index (χ1v) is 14.1. The van der Waals surface area contributed by atoms with Gasteiger partial charge in [-0.15, -0.1) is 11.3 Å². The number of nitrogens with zero attached hydrogens (tertiary/aromatic N) is 2. The predicted octanol–water partition coefficient (Wildman–Crippen LogP) is 10.1. The van der Waals surface area contributed by atoms with E-state index in [4.69, 9.17) is 14.4 Å². The molecule has 0 radical (unpaired) electrons. The minimum Gasteiger partial charge on any atom is -0.455 e. The van der Waals surface area contributed by atoms with Crippen LogP contribution in [0.25, 0.3) is 54.5 Å². The van der Waals surface area contributed by atoms with Gasteiger partial charge in [-0.25, -0.2) is 4.98 Å². The third kappa shape index (κ3) is 3.94. The molecule has 0 amide bonds. The monoisotopic (exact) mass is 518 g/mol. The largest absolute Gasteiger partial charge is 0.455 e. The molecule has 0 aliphatic carbocycles. The van der Waals surface area contributed by atoms with Crippen molar-refractivity contribution in [3.63, 3.8) is 0 Å². The molecule has 0 aliphatic heterocycles. The number of fused-ring (bicyclic) bond motifs is 5. The zero-order valence-electron chi connectivity index (χ0n) is 23.5. The third-order valence-electron chi connectivity index (χ3n) is 7.40. The fourth-order valence-electron chi connectivity index (χ4n) is 5.44. The smallest absolute Gasteiger partial charge is 0.144 e. The number of hydrogen-bond donors (Lipinski definition) is 0. The molecule has 0 unspecified atom stereocenters. The quantitative estimate of drug-likeness (QED) is 0.229. The Hall–Kier alpha value is -3.50. The van der Waals surface area contributed by atoms with Crippen LogP contribution in [0.3, 0.4) is 0 Å². The Balaban J connectivity index is 1.63. The van der Waals surface area contributed by atoms with Crippen LogP contribution in [-0.2, 0) is 10.8 Å². The van der Waals surface area contributed by atoms with Crippen molar-refractivity contribution in [2.45, 2.75) is 66.2 Å². The Morgan fingerprint density at radius 3 is 2.18 bits per heavy atom. The first-order chi connectivity index (χ1) is 17.9. The minimum atomic E-state index is -0.0382. The van der Waals surface area contributed by atoms with Gasteiger partial charge in [-0.05, 0) is 71.3 Å². The molecule has 0 spiro atoms. The predicted molar refractivity (Wildman–Crippen MR) is 162 cm³/mol. The van der Waals surface area contributed by atoms with Gasteiger partial charge in [0.1, 0.15) is 11.2 Å². The number of benzene rings is 3. The highest BCUT2D eigenvalue weighted by Crippen LogP contribution is 2.43. The van der Waals surface area contributed by atoms with E-state index < -0.39 is 0 Å². The van der Waals surface area contributed by atoms with Crippen molar-refractivity contribution in [1.82, 2.24) is 9.97 Å². The lowest BCUT2D eigenvalue weighted by atomic mass is 9.80. The number of para-hydroxylation sites is 1. The molecule has 0 saturated heterocycles. The summed E-state index contributed by atoms with van der Waals surface area (Å²) in [6.45, 7) is 17.8. The molecule has 192 valence electrons. The third-order valence-corrected chi connectivity index (χ3v) is 8.91. The minimum absolute atomic E-state index is 0.00350. The topological polar surface area (TPSA) is 38.9 Å². The summed E-state index contributed by atoms with van der Waals surface area (Å²) in [6, 6.07) is 19.3. The highest BCUT2D eigenvalue weighted by Gasteiger charge is 2.25. The summed E-state index contributed by atoms with van der Waals surface area (Å²) in [5.74, 6) is 0. The summed E-state index contributed by atoms with van der Waals surface area (Å²) >= 11 is 1.78. The molecule has 4 heteroatoms. The van der Waals surface area contributed by atoms with E-state index in [2.05, 4.69) is 116 Å². The van der Waals surface area contributed by atoms with Gasteiger partial charge in [0.15, 0.2) is 0 Å². The summed E-state index contributed by atoms with van der Waals surface area (Å²) < 4.78 is 7.76. The lowest BCUT2D eigenvalue weighted by Gasteiger charge is -2.25. The van der Waals surface area contributed by atoms with E-state index in [1.807, 2.05) is 0 Å². The van der Waals surface area contributed by atoms with E-state index in [0.29, 0.717) is 0 Å². The highest BCUT2D eigenvalue weighted by molar-refractivity contribution is 7.19. The molecule has 3 nitrogen and oxygen atoms in total. The van der Waals surface area contributed by atoms with Crippen molar-refractivity contribution in [3.8, 4) is 22.4 Å². The average Bonchev–Trinajstić information content (AvgIpc) is 3.44. The summed E-state index contributed by atoms with van der Waals surface area (Å²) in [6.07, 6.45) is 2.06. The van der Waals surface area contributed by atoms with Crippen LogP contribution in [0.5, 0.6) is 0 Å². The molecule has 0 saturated carbocycles. The molecular formula is C34H34N2OS. The standard InChI is InChI=1S/C34H34N2OS/c1-19-11-9-12-20(2)28(19)23-17-26(35-18-24(23)33(3,4)5)21-13-10-14-22-29-27(37-30(21)22)16-15-25-31(29)38-32(36-25)34(6,7)8/h9-18H,1-8H3. The van der Waals surface area contributed by atoms with Gasteiger partial charge in [-0.3, -0.25) is 4.98 Å². The molecule has 0 bridgehead atoms. The van der Waals surface area contributed by atoms with Crippen LogP contribution in [0.1, 0.15) is 63.2 Å². The summed E-state index contributed by atoms with van der Waals surface area (Å²) in [5.41, 5.74) is 11.0. The van der Waals surface area contributed by atoms with Crippen LogP contribution in [0.4, 0.5) is 0 Å². The summed E-state index contributed by atoms with van der Waals surface area (Å²) in [7, 11) is 0. The first kappa shape index (κ1) is 24.8. The van der Waals surface area contributed by atoms with Crippen LogP contribution in [-0.4, -0.2) is 9.97 Å². The van der Waals surface area contributed by atoms with Crippen LogP contribution in [0.2, 0.25) is 0 Å². The Kier molecular flexibility index (Phi) is 5.55. The van der Waals surface area contributed by atoms with Gasteiger partial charge in [0.2, 0.25) is 0 Å². The van der Waals surface area contributed by atoms with Gasteiger partial charge in [0, 0.05) is 27.9 Å². The Bertz CT molecular complexity index is 1840. The number of pyridine rings is 1. The highest BCUT2D eigenvalue weighted by atomic mass is 32.1. The average molecular weight is 519 g/mol. The lowest BCUT2D eigenvalue weighted by molar-refractivity contribution is 0.587. The molecule has 6 aromatic rings. The van der Waals surface area contributed by atoms with Gasteiger partial charge >= 0.3 is 0 Å². The van der Waals surface area contributed by atoms with Crippen LogP contribution in [0.15, 0.2) is 65.2 Å². The van der Waals surface area contributed by atoms with Crippen molar-refractivity contribution >= 4 is 43.5 Å². The maximum atomic E-state index is 6.57. The van der Waals surface area contributed by atoms with Gasteiger partial charge < -0.3 is 4.42 Å². The Morgan fingerprint density at radius 1 is 0.789 bits per heavy atom. The van der Waals surface area contributed by atoms with Crippen molar-refractivity contribution < 1.29 is 4.42 Å². The van der Waals surface area contributed by atoms with Crippen molar-refractivity contribution in [2.75, 3.05) is 0 Å². The molecule has 3 aromatic carbocycles. The van der Waals surface area contributed by atoms with E-state index in [1.54, 1.807) is 11.3 Å². The molecule has 0 fully saturated rings. The van der Waals surface area contributed by atoms with Crippen LogP contribution >= 0.6 is 11.3 Å². The number of furan rings is 1. The van der Waals surface area contributed by atoms with E-state index in [0.717, 1.165) is 43.7 Å². The molecule has 6 rings (SSSR count). The molecule has 3 heterocycles. The van der Waals surface area contributed by atoms with E-state index in [9.17, 15) is 0 Å². The molecule has 3 aromatic heterocycles. The number of hydrogen-bond acceptors (Lipinski definition) is 4. The first-order valence-electron chi connectivity index (χ1n) is 13.3. The maximum Gasteiger partial charge on any atom is 0.144 e.